The topological polar surface area (TPSA) is 87.1 Å². The van der Waals surface area contributed by atoms with Gasteiger partial charge in [0.05, 0.1) is 6.10 Å². The molecule has 2 N–H and O–H groups in total. The standard InChI is InChI=1S/C21H25FO5/c1-17-7-6-12(23)8-11(17)4-5-13-14-9-19(3)21(27-19,16(25)26)18(14,2)10-15(24)20(13,17)22/h6-8,13-15,24H,4-5,9-10H2,1-3H3,(H,25,26)/t13-,14-,15-,17-,18-,19+,20-,21+/m0/s1. The molecule has 0 aromatic carbocycles. The Labute approximate surface area is 157 Å². The molecule has 3 saturated carbocycles. The average molecular weight is 376 g/mol. The van der Waals surface area contributed by atoms with Crippen molar-refractivity contribution in [1.82, 2.24) is 0 Å². The Hall–Kier alpha value is -1.53. The Bertz CT molecular complexity index is 850. The van der Waals surface area contributed by atoms with E-state index in [1.165, 1.54) is 12.2 Å². The predicted octanol–water partition coefficient (Wildman–Crippen LogP) is 2.58. The van der Waals surface area contributed by atoms with Crippen molar-refractivity contribution in [2.24, 2.45) is 22.7 Å². The highest BCUT2D eigenvalue weighted by Crippen LogP contribution is 2.78. The summed E-state index contributed by atoms with van der Waals surface area (Å²) in [7, 11) is 0. The quantitative estimate of drug-likeness (QED) is 0.687. The summed E-state index contributed by atoms with van der Waals surface area (Å²) >= 11 is 0. The number of aliphatic hydroxyl groups is 1. The van der Waals surface area contributed by atoms with E-state index in [4.69, 9.17) is 4.74 Å². The van der Waals surface area contributed by atoms with Gasteiger partial charge >= 0.3 is 5.97 Å². The van der Waals surface area contributed by atoms with E-state index in [9.17, 15) is 19.8 Å². The van der Waals surface area contributed by atoms with Gasteiger partial charge in [0, 0.05) is 16.7 Å². The second-order valence-corrected chi connectivity index (χ2v) is 9.79. The van der Waals surface area contributed by atoms with Gasteiger partial charge in [-0.2, -0.15) is 0 Å². The number of alkyl halides is 1. The number of fused-ring (bicyclic) bond motifs is 7. The molecule has 1 saturated heterocycles. The van der Waals surface area contributed by atoms with Gasteiger partial charge in [-0.05, 0) is 57.6 Å². The molecule has 0 amide bonds. The molecule has 0 unspecified atom stereocenters. The molecule has 5 rings (SSSR count). The predicted molar refractivity (Wildman–Crippen MR) is 93.6 cm³/mol. The Morgan fingerprint density at radius 2 is 1.96 bits per heavy atom. The normalized spacial score (nSPS) is 57.9. The van der Waals surface area contributed by atoms with Crippen LogP contribution in [0, 0.1) is 22.7 Å². The third-order valence-electron chi connectivity index (χ3n) is 8.83. The number of ketones is 1. The highest BCUT2D eigenvalue weighted by molar-refractivity contribution is 6.01. The van der Waals surface area contributed by atoms with Gasteiger partial charge < -0.3 is 14.9 Å². The molecule has 0 aromatic rings. The van der Waals surface area contributed by atoms with Gasteiger partial charge in [0.2, 0.25) is 0 Å². The van der Waals surface area contributed by atoms with Crippen molar-refractivity contribution in [3.63, 3.8) is 0 Å². The molecule has 5 nitrogen and oxygen atoms in total. The summed E-state index contributed by atoms with van der Waals surface area (Å²) in [5.74, 6) is -1.83. The van der Waals surface area contributed by atoms with E-state index in [-0.39, 0.29) is 18.1 Å². The van der Waals surface area contributed by atoms with E-state index in [0.29, 0.717) is 19.3 Å². The van der Waals surface area contributed by atoms with Crippen molar-refractivity contribution < 1.29 is 28.9 Å². The lowest BCUT2D eigenvalue weighted by Gasteiger charge is -2.62. The third-order valence-corrected chi connectivity index (χ3v) is 8.83. The summed E-state index contributed by atoms with van der Waals surface area (Å²) in [6.07, 6.45) is 4.80. The summed E-state index contributed by atoms with van der Waals surface area (Å²) in [6.45, 7) is 5.41. The number of hydrogen-bond donors (Lipinski definition) is 2. The van der Waals surface area contributed by atoms with Gasteiger partial charge in [0.15, 0.2) is 17.1 Å². The second-order valence-electron chi connectivity index (χ2n) is 9.79. The van der Waals surface area contributed by atoms with Gasteiger partial charge in [0.1, 0.15) is 5.60 Å². The maximum atomic E-state index is 16.8. The maximum absolute atomic E-state index is 16.8. The molecule has 0 radical (unpaired) electrons. The van der Waals surface area contributed by atoms with E-state index in [0.717, 1.165) is 5.57 Å². The van der Waals surface area contributed by atoms with Crippen molar-refractivity contribution >= 4 is 11.8 Å². The fourth-order valence-electron chi connectivity index (χ4n) is 7.49. The first-order valence-corrected chi connectivity index (χ1v) is 9.71. The lowest BCUT2D eigenvalue weighted by atomic mass is 9.45. The van der Waals surface area contributed by atoms with Crippen molar-refractivity contribution in [3.05, 3.63) is 23.8 Å². The summed E-state index contributed by atoms with van der Waals surface area (Å²) in [4.78, 5) is 24.0. The first kappa shape index (κ1) is 17.6. The van der Waals surface area contributed by atoms with Gasteiger partial charge in [-0.15, -0.1) is 0 Å². The van der Waals surface area contributed by atoms with Crippen LogP contribution in [-0.4, -0.2) is 44.9 Å². The van der Waals surface area contributed by atoms with E-state index in [2.05, 4.69) is 0 Å². The highest BCUT2D eigenvalue weighted by atomic mass is 19.1. The number of carboxylic acids is 1. The number of carboxylic acid groups (broad SMARTS) is 1. The maximum Gasteiger partial charge on any atom is 0.339 e. The third kappa shape index (κ3) is 1.58. The van der Waals surface area contributed by atoms with Crippen LogP contribution in [0.2, 0.25) is 0 Å². The van der Waals surface area contributed by atoms with Crippen molar-refractivity contribution in [2.45, 2.75) is 69.4 Å². The van der Waals surface area contributed by atoms with Crippen LogP contribution in [0.4, 0.5) is 4.39 Å². The SMILES string of the molecule is C[C@@]12C[C@H]3[C@@H]4CCC5=CC(=O)C=C[C@]5(C)[C@@]4(F)[C@@H](O)C[C@]3(C)[C@@]1(C(=O)O)O2. The Kier molecular flexibility index (Phi) is 2.95. The van der Waals surface area contributed by atoms with Crippen LogP contribution in [0.3, 0.4) is 0 Å². The average Bonchev–Trinajstić information content (AvgIpc) is 3.17. The number of carbonyl (C=O) groups is 2. The minimum Gasteiger partial charge on any atom is -0.479 e. The number of allylic oxidation sites excluding steroid dienone is 4. The molecule has 1 heterocycles. The number of epoxide rings is 1. The summed E-state index contributed by atoms with van der Waals surface area (Å²) < 4.78 is 22.6. The van der Waals surface area contributed by atoms with E-state index in [1.54, 1.807) is 19.9 Å². The van der Waals surface area contributed by atoms with Gasteiger partial charge in [0.25, 0.3) is 0 Å². The van der Waals surface area contributed by atoms with Crippen LogP contribution >= 0.6 is 0 Å². The minimum atomic E-state index is -1.93. The highest BCUT2D eigenvalue weighted by Gasteiger charge is 2.89. The van der Waals surface area contributed by atoms with Crippen molar-refractivity contribution in [2.75, 3.05) is 0 Å². The molecule has 5 aliphatic rings. The summed E-state index contributed by atoms with van der Waals surface area (Å²) in [5.41, 5.74) is -5.21. The van der Waals surface area contributed by atoms with Gasteiger partial charge in [-0.1, -0.05) is 18.6 Å². The van der Waals surface area contributed by atoms with Crippen LogP contribution in [0.1, 0.15) is 46.5 Å². The lowest BCUT2D eigenvalue weighted by molar-refractivity contribution is -0.210. The van der Waals surface area contributed by atoms with Crippen LogP contribution in [0.15, 0.2) is 23.8 Å². The zero-order valence-electron chi connectivity index (χ0n) is 15.8. The largest absolute Gasteiger partial charge is 0.479 e. The second kappa shape index (κ2) is 4.54. The van der Waals surface area contributed by atoms with E-state index < -0.39 is 45.7 Å². The molecule has 6 heteroatoms. The smallest absolute Gasteiger partial charge is 0.339 e. The van der Waals surface area contributed by atoms with Gasteiger partial charge in [-0.3, -0.25) is 4.79 Å². The number of aliphatic hydroxyl groups excluding tert-OH is 1. The first-order chi connectivity index (χ1) is 12.5. The number of rotatable bonds is 1. The molecule has 8 atom stereocenters. The molecule has 27 heavy (non-hydrogen) atoms. The fraction of sp³-hybridized carbons (Fsp3) is 0.714. The molecule has 146 valence electrons. The number of carbonyl (C=O) groups excluding carboxylic acids is 1. The molecule has 0 spiro atoms. The summed E-state index contributed by atoms with van der Waals surface area (Å²) in [6, 6.07) is 0. The molecule has 0 bridgehead atoms. The Morgan fingerprint density at radius 3 is 2.63 bits per heavy atom. The molecular formula is C21H25FO5. The Morgan fingerprint density at radius 1 is 1.26 bits per heavy atom. The van der Waals surface area contributed by atoms with Crippen LogP contribution in [-0.2, 0) is 14.3 Å². The summed E-state index contributed by atoms with van der Waals surface area (Å²) in [5, 5.41) is 21.0. The molecule has 4 aliphatic carbocycles. The zero-order chi connectivity index (χ0) is 19.6. The number of aliphatic carboxylic acids is 1. The zero-order valence-corrected chi connectivity index (χ0v) is 15.8. The van der Waals surface area contributed by atoms with E-state index >= 15 is 4.39 Å². The van der Waals surface area contributed by atoms with E-state index in [1.807, 2.05) is 6.92 Å². The number of hydrogen-bond acceptors (Lipinski definition) is 4. The molecular weight excluding hydrogens is 351 g/mol. The van der Waals surface area contributed by atoms with Crippen molar-refractivity contribution in [3.8, 4) is 0 Å². The Balaban J connectivity index is 1.64. The van der Waals surface area contributed by atoms with Crippen LogP contribution in [0.25, 0.3) is 0 Å². The fourth-order valence-corrected chi connectivity index (χ4v) is 7.49. The number of ether oxygens (including phenoxy) is 1. The number of halogens is 1. The molecule has 0 aromatic heterocycles. The monoisotopic (exact) mass is 376 g/mol. The van der Waals surface area contributed by atoms with Crippen LogP contribution < -0.4 is 0 Å². The lowest BCUT2D eigenvalue weighted by Crippen LogP contribution is -2.68. The molecule has 1 aliphatic heterocycles. The first-order valence-electron chi connectivity index (χ1n) is 9.71. The molecule has 4 fully saturated rings. The van der Waals surface area contributed by atoms with Crippen LogP contribution in [0.5, 0.6) is 0 Å². The van der Waals surface area contributed by atoms with Gasteiger partial charge in [-0.25, -0.2) is 9.18 Å². The minimum absolute atomic E-state index is 0.0389. The van der Waals surface area contributed by atoms with Crippen molar-refractivity contribution in [1.29, 1.82) is 0 Å².